The van der Waals surface area contributed by atoms with Crippen molar-refractivity contribution in [1.82, 2.24) is 25.2 Å². The predicted octanol–water partition coefficient (Wildman–Crippen LogP) is 1.03. The summed E-state index contributed by atoms with van der Waals surface area (Å²) in [6, 6.07) is 6.18. The van der Waals surface area contributed by atoms with Gasteiger partial charge in [-0.15, -0.1) is 5.10 Å². The molecule has 0 saturated carbocycles. The lowest BCUT2D eigenvalue weighted by Crippen LogP contribution is -2.48. The molecule has 2 amide bonds. The highest BCUT2D eigenvalue weighted by molar-refractivity contribution is 5.92. The van der Waals surface area contributed by atoms with Crippen molar-refractivity contribution >= 4 is 11.8 Å². The maximum atomic E-state index is 13.6. The number of morpholine rings is 1. The summed E-state index contributed by atoms with van der Waals surface area (Å²) in [4.78, 5) is 26.2. The number of nitrogens with one attached hydrogen (secondary N) is 1. The SMILES string of the molecule is C[C@@H]1CN(C(=O)c2cn(CCNC(=O)Cc3ccccc3F)nn2)C[C@H](C)O1. The third-order valence-electron chi connectivity index (χ3n) is 4.44. The van der Waals surface area contributed by atoms with E-state index in [9.17, 15) is 14.0 Å². The molecule has 1 aliphatic heterocycles. The number of rotatable bonds is 6. The van der Waals surface area contributed by atoms with E-state index in [0.29, 0.717) is 31.7 Å². The fourth-order valence-electron chi connectivity index (χ4n) is 3.20. The van der Waals surface area contributed by atoms with E-state index in [1.165, 1.54) is 10.7 Å². The van der Waals surface area contributed by atoms with Crippen molar-refractivity contribution in [2.75, 3.05) is 19.6 Å². The Labute approximate surface area is 162 Å². The smallest absolute Gasteiger partial charge is 0.276 e. The van der Waals surface area contributed by atoms with Gasteiger partial charge in [0.05, 0.1) is 31.4 Å². The van der Waals surface area contributed by atoms with Gasteiger partial charge in [-0.2, -0.15) is 0 Å². The van der Waals surface area contributed by atoms with Crippen LogP contribution in [0.1, 0.15) is 29.9 Å². The molecule has 1 saturated heterocycles. The van der Waals surface area contributed by atoms with Gasteiger partial charge in [-0.1, -0.05) is 23.4 Å². The Hall–Kier alpha value is -2.81. The molecule has 1 aromatic carbocycles. The van der Waals surface area contributed by atoms with Crippen LogP contribution in [0, 0.1) is 5.82 Å². The fourth-order valence-corrected chi connectivity index (χ4v) is 3.20. The zero-order chi connectivity index (χ0) is 20.1. The van der Waals surface area contributed by atoms with Crippen molar-refractivity contribution in [1.29, 1.82) is 0 Å². The lowest BCUT2D eigenvalue weighted by atomic mass is 10.1. The summed E-state index contributed by atoms with van der Waals surface area (Å²) in [6.07, 6.45) is 1.50. The highest BCUT2D eigenvalue weighted by Crippen LogP contribution is 2.13. The van der Waals surface area contributed by atoms with Crippen LogP contribution in [0.4, 0.5) is 4.39 Å². The molecular formula is C19H24FN5O3. The first-order valence-electron chi connectivity index (χ1n) is 9.27. The molecule has 1 fully saturated rings. The van der Waals surface area contributed by atoms with Crippen molar-refractivity contribution in [2.24, 2.45) is 0 Å². The second-order valence-corrected chi connectivity index (χ2v) is 6.95. The molecular weight excluding hydrogens is 365 g/mol. The Morgan fingerprint density at radius 3 is 2.68 bits per heavy atom. The summed E-state index contributed by atoms with van der Waals surface area (Å²) in [5.74, 6) is -0.863. The number of carbonyl (C=O) groups is 2. The Bertz CT molecular complexity index is 830. The average molecular weight is 389 g/mol. The summed E-state index contributed by atoms with van der Waals surface area (Å²) in [6.45, 7) is 5.55. The van der Waals surface area contributed by atoms with E-state index in [4.69, 9.17) is 4.74 Å². The van der Waals surface area contributed by atoms with Gasteiger partial charge in [0.1, 0.15) is 5.82 Å². The third-order valence-corrected chi connectivity index (χ3v) is 4.44. The van der Waals surface area contributed by atoms with E-state index >= 15 is 0 Å². The van der Waals surface area contributed by atoms with Crippen LogP contribution in [0.5, 0.6) is 0 Å². The Kier molecular flexibility index (Phi) is 6.35. The van der Waals surface area contributed by atoms with Crippen LogP contribution in [-0.4, -0.2) is 63.6 Å². The zero-order valence-corrected chi connectivity index (χ0v) is 16.0. The third kappa shape index (κ3) is 5.13. The van der Waals surface area contributed by atoms with Crippen LogP contribution in [0.25, 0.3) is 0 Å². The van der Waals surface area contributed by atoms with E-state index in [2.05, 4.69) is 15.6 Å². The number of aromatic nitrogens is 3. The van der Waals surface area contributed by atoms with Crippen molar-refractivity contribution in [2.45, 2.75) is 39.0 Å². The average Bonchev–Trinajstić information content (AvgIpc) is 3.11. The van der Waals surface area contributed by atoms with Crippen LogP contribution in [0.15, 0.2) is 30.5 Å². The lowest BCUT2D eigenvalue weighted by Gasteiger charge is -2.34. The zero-order valence-electron chi connectivity index (χ0n) is 16.0. The fraction of sp³-hybridized carbons (Fsp3) is 0.474. The molecule has 0 radical (unpaired) electrons. The van der Waals surface area contributed by atoms with E-state index in [-0.39, 0.29) is 36.1 Å². The van der Waals surface area contributed by atoms with E-state index < -0.39 is 5.82 Å². The van der Waals surface area contributed by atoms with Gasteiger partial charge in [0.15, 0.2) is 5.69 Å². The topological polar surface area (TPSA) is 89.4 Å². The standard InChI is InChI=1S/C19H24FN5O3/c1-13-10-24(11-14(2)28-13)19(27)17-12-25(23-22-17)8-7-21-18(26)9-15-5-3-4-6-16(15)20/h3-6,12-14H,7-11H2,1-2H3,(H,21,26)/t13-,14+. The van der Waals surface area contributed by atoms with Crippen LogP contribution in [0.3, 0.4) is 0 Å². The van der Waals surface area contributed by atoms with Gasteiger partial charge in [-0.05, 0) is 25.5 Å². The maximum Gasteiger partial charge on any atom is 0.276 e. The molecule has 9 heteroatoms. The molecule has 0 unspecified atom stereocenters. The van der Waals surface area contributed by atoms with Gasteiger partial charge in [0, 0.05) is 19.6 Å². The van der Waals surface area contributed by atoms with Crippen molar-refractivity contribution in [3.8, 4) is 0 Å². The molecule has 2 heterocycles. The summed E-state index contributed by atoms with van der Waals surface area (Å²) in [5, 5.41) is 10.6. The normalized spacial score (nSPS) is 19.5. The molecule has 0 bridgehead atoms. The number of hydrogen-bond acceptors (Lipinski definition) is 5. The number of carbonyl (C=O) groups excluding carboxylic acids is 2. The van der Waals surface area contributed by atoms with Gasteiger partial charge in [-0.25, -0.2) is 9.07 Å². The monoisotopic (exact) mass is 389 g/mol. The summed E-state index contributed by atoms with van der Waals surface area (Å²) >= 11 is 0. The Balaban J connectivity index is 1.47. The van der Waals surface area contributed by atoms with Crippen LogP contribution in [-0.2, 0) is 22.5 Å². The summed E-state index contributed by atoms with van der Waals surface area (Å²) in [7, 11) is 0. The number of benzene rings is 1. The lowest BCUT2D eigenvalue weighted by molar-refractivity contribution is -0.120. The molecule has 3 rings (SSSR count). The number of ether oxygens (including phenoxy) is 1. The second kappa shape index (κ2) is 8.92. The first-order chi connectivity index (χ1) is 13.4. The molecule has 2 aromatic rings. The molecule has 1 aromatic heterocycles. The molecule has 2 atom stereocenters. The van der Waals surface area contributed by atoms with Gasteiger partial charge >= 0.3 is 0 Å². The minimum atomic E-state index is -0.399. The first-order valence-corrected chi connectivity index (χ1v) is 9.27. The first kappa shape index (κ1) is 19.9. The van der Waals surface area contributed by atoms with Gasteiger partial charge in [0.25, 0.3) is 5.91 Å². The summed E-state index contributed by atoms with van der Waals surface area (Å²) in [5.41, 5.74) is 0.613. The molecule has 28 heavy (non-hydrogen) atoms. The van der Waals surface area contributed by atoms with Crippen molar-refractivity contribution in [3.05, 3.63) is 47.5 Å². The molecule has 0 spiro atoms. The van der Waals surface area contributed by atoms with Gasteiger partial charge in [0.2, 0.25) is 5.91 Å². The number of halogens is 1. The Morgan fingerprint density at radius 2 is 1.96 bits per heavy atom. The van der Waals surface area contributed by atoms with E-state index in [1.54, 1.807) is 29.3 Å². The molecule has 1 N–H and O–H groups in total. The summed E-state index contributed by atoms with van der Waals surface area (Å²) < 4.78 is 20.7. The maximum absolute atomic E-state index is 13.6. The van der Waals surface area contributed by atoms with Gasteiger partial charge in [-0.3, -0.25) is 9.59 Å². The number of nitrogens with zero attached hydrogens (tertiary/aromatic N) is 4. The highest BCUT2D eigenvalue weighted by Gasteiger charge is 2.28. The number of amides is 2. The largest absolute Gasteiger partial charge is 0.372 e. The number of hydrogen-bond donors (Lipinski definition) is 1. The second-order valence-electron chi connectivity index (χ2n) is 6.95. The Morgan fingerprint density at radius 1 is 1.25 bits per heavy atom. The molecule has 150 valence electrons. The molecule has 1 aliphatic rings. The van der Waals surface area contributed by atoms with Crippen molar-refractivity contribution in [3.63, 3.8) is 0 Å². The van der Waals surface area contributed by atoms with Crippen LogP contribution >= 0.6 is 0 Å². The van der Waals surface area contributed by atoms with E-state index in [1.807, 2.05) is 13.8 Å². The molecule has 8 nitrogen and oxygen atoms in total. The van der Waals surface area contributed by atoms with Crippen LogP contribution in [0.2, 0.25) is 0 Å². The predicted molar refractivity (Wildman–Crippen MR) is 99.0 cm³/mol. The van der Waals surface area contributed by atoms with Crippen LogP contribution < -0.4 is 5.32 Å². The quantitative estimate of drug-likeness (QED) is 0.797. The minimum absolute atomic E-state index is 0.0209. The minimum Gasteiger partial charge on any atom is -0.372 e. The van der Waals surface area contributed by atoms with Crippen molar-refractivity contribution < 1.29 is 18.7 Å². The molecule has 0 aliphatic carbocycles. The van der Waals surface area contributed by atoms with E-state index in [0.717, 1.165) is 0 Å². The van der Waals surface area contributed by atoms with Gasteiger partial charge < -0.3 is 15.0 Å². The highest BCUT2D eigenvalue weighted by atomic mass is 19.1.